The molecular formula is C10H15N3O2. The molecule has 4 N–H and O–H groups in total. The van der Waals surface area contributed by atoms with Gasteiger partial charge in [-0.1, -0.05) is 13.0 Å². The first kappa shape index (κ1) is 11.5. The lowest BCUT2D eigenvalue weighted by Crippen LogP contribution is -2.31. The van der Waals surface area contributed by atoms with Crippen LogP contribution in [0.5, 0.6) is 0 Å². The summed E-state index contributed by atoms with van der Waals surface area (Å²) in [6.07, 6.45) is 1.63. The smallest absolute Gasteiger partial charge is 0.255 e. The van der Waals surface area contributed by atoms with Crippen LogP contribution < -0.4 is 17.0 Å². The van der Waals surface area contributed by atoms with E-state index >= 15 is 0 Å². The molecule has 82 valence electrons. The molecule has 1 atom stereocenters. The minimum atomic E-state index is -0.417. The van der Waals surface area contributed by atoms with Gasteiger partial charge in [0.25, 0.3) is 5.56 Å². The largest absolute Gasteiger partial charge is 0.369 e. The zero-order chi connectivity index (χ0) is 11.4. The fourth-order valence-electron chi connectivity index (χ4n) is 1.27. The molecule has 5 heteroatoms. The number of pyridine rings is 1. The number of carbonyl (C=O) groups is 1. The van der Waals surface area contributed by atoms with Crippen molar-refractivity contribution in [1.29, 1.82) is 0 Å². The van der Waals surface area contributed by atoms with Crippen LogP contribution in [0.3, 0.4) is 0 Å². The van der Waals surface area contributed by atoms with Gasteiger partial charge in [-0.3, -0.25) is 9.59 Å². The van der Waals surface area contributed by atoms with Crippen LogP contribution in [0.2, 0.25) is 0 Å². The van der Waals surface area contributed by atoms with Crippen molar-refractivity contribution in [3.05, 3.63) is 34.2 Å². The Labute approximate surface area is 87.7 Å². The number of rotatable bonds is 4. The molecule has 1 amide bonds. The number of nitrogens with two attached hydrogens (primary N) is 2. The normalized spacial score (nSPS) is 12.4. The highest BCUT2D eigenvalue weighted by Gasteiger charge is 2.10. The molecule has 1 heterocycles. The van der Waals surface area contributed by atoms with Gasteiger partial charge in [-0.05, 0) is 6.07 Å². The molecule has 0 radical (unpaired) electrons. The van der Waals surface area contributed by atoms with E-state index < -0.39 is 5.91 Å². The summed E-state index contributed by atoms with van der Waals surface area (Å²) in [5, 5.41) is 0. The summed E-state index contributed by atoms with van der Waals surface area (Å²) in [6, 6.07) is 3.41. The molecule has 0 aliphatic heterocycles. The van der Waals surface area contributed by atoms with Gasteiger partial charge in [-0.25, -0.2) is 0 Å². The Hall–Kier alpha value is -1.62. The van der Waals surface area contributed by atoms with Crippen molar-refractivity contribution in [2.75, 3.05) is 0 Å². The van der Waals surface area contributed by atoms with E-state index in [1.807, 2.05) is 0 Å². The number of hydrogen-bond acceptors (Lipinski definition) is 3. The third-order valence-corrected chi connectivity index (χ3v) is 2.28. The summed E-state index contributed by atoms with van der Waals surface area (Å²) in [6.45, 7) is 2.18. The van der Waals surface area contributed by atoms with Crippen LogP contribution in [0.1, 0.15) is 12.5 Å². The maximum atomic E-state index is 11.7. The van der Waals surface area contributed by atoms with Gasteiger partial charge in [0, 0.05) is 24.8 Å². The average molecular weight is 209 g/mol. The number of primary amides is 1. The average Bonchev–Trinajstić information content (AvgIpc) is 2.21. The van der Waals surface area contributed by atoms with Gasteiger partial charge < -0.3 is 16.0 Å². The Balaban J connectivity index is 2.96. The van der Waals surface area contributed by atoms with Gasteiger partial charge in [0.05, 0.1) is 5.92 Å². The lowest BCUT2D eigenvalue weighted by Gasteiger charge is -2.10. The van der Waals surface area contributed by atoms with Gasteiger partial charge in [0.15, 0.2) is 0 Å². The van der Waals surface area contributed by atoms with Crippen LogP contribution in [0.15, 0.2) is 23.1 Å². The van der Waals surface area contributed by atoms with Crippen LogP contribution in [0.25, 0.3) is 0 Å². The van der Waals surface area contributed by atoms with E-state index in [-0.39, 0.29) is 18.0 Å². The van der Waals surface area contributed by atoms with Crippen molar-refractivity contribution in [3.63, 3.8) is 0 Å². The topological polar surface area (TPSA) is 91.1 Å². The third kappa shape index (κ3) is 2.66. The van der Waals surface area contributed by atoms with E-state index in [0.717, 1.165) is 0 Å². The van der Waals surface area contributed by atoms with E-state index in [1.54, 1.807) is 25.3 Å². The number of aromatic nitrogens is 1. The first-order chi connectivity index (χ1) is 7.06. The molecule has 0 saturated heterocycles. The molecule has 0 aliphatic rings. The van der Waals surface area contributed by atoms with E-state index in [9.17, 15) is 9.59 Å². The van der Waals surface area contributed by atoms with Crippen LogP contribution in [0.4, 0.5) is 0 Å². The molecule has 5 nitrogen and oxygen atoms in total. The number of amides is 1. The van der Waals surface area contributed by atoms with Gasteiger partial charge in [0.2, 0.25) is 5.91 Å². The fourth-order valence-corrected chi connectivity index (χ4v) is 1.27. The zero-order valence-corrected chi connectivity index (χ0v) is 8.64. The lowest BCUT2D eigenvalue weighted by molar-refractivity contribution is -0.121. The van der Waals surface area contributed by atoms with Crippen molar-refractivity contribution < 1.29 is 4.79 Å². The molecule has 15 heavy (non-hydrogen) atoms. The minimum absolute atomic E-state index is 0.159. The summed E-state index contributed by atoms with van der Waals surface area (Å²) in [5.74, 6) is -0.782. The molecule has 1 aromatic rings. The SMILES string of the molecule is CC(Cn1cccc(CN)c1=O)C(N)=O. The van der Waals surface area contributed by atoms with Crippen LogP contribution in [-0.2, 0) is 17.9 Å². The molecule has 1 aromatic heterocycles. The van der Waals surface area contributed by atoms with Gasteiger partial charge in [-0.2, -0.15) is 0 Å². The number of hydrogen-bond donors (Lipinski definition) is 2. The highest BCUT2D eigenvalue weighted by molar-refractivity contribution is 5.76. The Morgan fingerprint density at radius 3 is 2.80 bits per heavy atom. The van der Waals surface area contributed by atoms with Gasteiger partial charge in [-0.15, -0.1) is 0 Å². The zero-order valence-electron chi connectivity index (χ0n) is 8.64. The monoisotopic (exact) mass is 209 g/mol. The van der Waals surface area contributed by atoms with E-state index in [0.29, 0.717) is 12.1 Å². The van der Waals surface area contributed by atoms with Crippen LogP contribution >= 0.6 is 0 Å². The van der Waals surface area contributed by atoms with Crippen molar-refractivity contribution in [2.24, 2.45) is 17.4 Å². The Bertz CT molecular complexity index is 411. The first-order valence-electron chi connectivity index (χ1n) is 4.74. The quantitative estimate of drug-likeness (QED) is 0.695. The minimum Gasteiger partial charge on any atom is -0.369 e. The van der Waals surface area contributed by atoms with E-state index in [4.69, 9.17) is 11.5 Å². The highest BCUT2D eigenvalue weighted by atomic mass is 16.1. The van der Waals surface area contributed by atoms with Gasteiger partial charge in [0.1, 0.15) is 0 Å². The summed E-state index contributed by atoms with van der Waals surface area (Å²) < 4.78 is 1.46. The van der Waals surface area contributed by atoms with Crippen molar-refractivity contribution in [3.8, 4) is 0 Å². The van der Waals surface area contributed by atoms with Crippen molar-refractivity contribution >= 4 is 5.91 Å². The molecule has 0 fully saturated rings. The summed E-state index contributed by atoms with van der Waals surface area (Å²) in [7, 11) is 0. The maximum absolute atomic E-state index is 11.7. The first-order valence-corrected chi connectivity index (χ1v) is 4.74. The van der Waals surface area contributed by atoms with Crippen LogP contribution in [0, 0.1) is 5.92 Å². The number of carbonyl (C=O) groups excluding carboxylic acids is 1. The predicted molar refractivity (Wildman–Crippen MR) is 57.0 cm³/mol. The van der Waals surface area contributed by atoms with Gasteiger partial charge >= 0.3 is 0 Å². The third-order valence-electron chi connectivity index (χ3n) is 2.28. The molecular weight excluding hydrogens is 194 g/mol. The highest BCUT2D eigenvalue weighted by Crippen LogP contribution is 1.98. The molecule has 0 spiro atoms. The Morgan fingerprint density at radius 2 is 2.27 bits per heavy atom. The molecule has 0 bridgehead atoms. The molecule has 1 rings (SSSR count). The lowest BCUT2D eigenvalue weighted by atomic mass is 10.1. The Morgan fingerprint density at radius 1 is 1.60 bits per heavy atom. The molecule has 1 unspecified atom stereocenters. The molecule has 0 saturated carbocycles. The van der Waals surface area contributed by atoms with E-state index in [2.05, 4.69) is 0 Å². The fraction of sp³-hybridized carbons (Fsp3) is 0.400. The number of nitrogens with zero attached hydrogens (tertiary/aromatic N) is 1. The van der Waals surface area contributed by atoms with Crippen molar-refractivity contribution in [1.82, 2.24) is 4.57 Å². The predicted octanol–water partition coefficient (Wildman–Crippen LogP) is -0.572. The van der Waals surface area contributed by atoms with E-state index in [1.165, 1.54) is 4.57 Å². The standard InChI is InChI=1S/C10H15N3O2/c1-7(9(12)14)6-13-4-2-3-8(5-11)10(13)15/h2-4,7H,5-6,11H2,1H3,(H2,12,14). The Kier molecular flexibility index (Phi) is 3.62. The summed E-state index contributed by atoms with van der Waals surface area (Å²) in [4.78, 5) is 22.5. The second-order valence-corrected chi connectivity index (χ2v) is 3.50. The molecule has 0 aliphatic carbocycles. The maximum Gasteiger partial charge on any atom is 0.255 e. The molecule has 0 aromatic carbocycles. The second-order valence-electron chi connectivity index (χ2n) is 3.50. The summed E-state index contributed by atoms with van der Waals surface area (Å²) >= 11 is 0. The van der Waals surface area contributed by atoms with Crippen LogP contribution in [-0.4, -0.2) is 10.5 Å². The summed E-state index contributed by atoms with van der Waals surface area (Å²) in [5.41, 5.74) is 10.9. The van der Waals surface area contributed by atoms with Crippen molar-refractivity contribution in [2.45, 2.75) is 20.0 Å². The second kappa shape index (κ2) is 4.75.